The quantitative estimate of drug-likeness (QED) is 0.672. The molecule has 28 heavy (non-hydrogen) atoms. The van der Waals surface area contributed by atoms with Gasteiger partial charge in [-0.05, 0) is 37.3 Å². The van der Waals surface area contributed by atoms with E-state index in [-0.39, 0.29) is 11.5 Å². The molecule has 7 nitrogen and oxygen atoms in total. The summed E-state index contributed by atoms with van der Waals surface area (Å²) in [5, 5.41) is 5.73. The zero-order valence-corrected chi connectivity index (χ0v) is 15.6. The van der Waals surface area contributed by atoms with Crippen molar-refractivity contribution in [3.05, 3.63) is 65.9 Å². The van der Waals surface area contributed by atoms with Crippen LogP contribution in [0.3, 0.4) is 0 Å². The van der Waals surface area contributed by atoms with Gasteiger partial charge < -0.3 is 20.1 Å². The van der Waals surface area contributed by atoms with Gasteiger partial charge in [-0.2, -0.15) is 0 Å². The van der Waals surface area contributed by atoms with Crippen molar-refractivity contribution in [2.45, 2.75) is 6.92 Å². The van der Waals surface area contributed by atoms with Crippen LogP contribution in [0.25, 0.3) is 0 Å². The van der Waals surface area contributed by atoms with Gasteiger partial charge in [0.25, 0.3) is 5.91 Å². The third kappa shape index (κ3) is 4.53. The molecule has 0 aliphatic carbocycles. The van der Waals surface area contributed by atoms with Crippen molar-refractivity contribution in [1.82, 2.24) is 9.97 Å². The van der Waals surface area contributed by atoms with E-state index in [1.54, 1.807) is 44.4 Å². The number of nitrogens with zero attached hydrogens (tertiary/aromatic N) is 2. The molecule has 0 bridgehead atoms. The molecule has 0 fully saturated rings. The molecule has 0 spiro atoms. The highest BCUT2D eigenvalue weighted by molar-refractivity contribution is 6.04. The van der Waals surface area contributed by atoms with Crippen LogP contribution >= 0.6 is 0 Å². The monoisotopic (exact) mass is 382 g/mol. The second-order valence-electron chi connectivity index (χ2n) is 5.84. The molecule has 0 aliphatic rings. The Labute approximate surface area is 161 Å². The zero-order valence-electron chi connectivity index (χ0n) is 15.6. The van der Waals surface area contributed by atoms with E-state index in [4.69, 9.17) is 9.47 Å². The van der Waals surface area contributed by atoms with Crippen molar-refractivity contribution in [2.24, 2.45) is 0 Å². The molecule has 0 atom stereocenters. The van der Waals surface area contributed by atoms with Gasteiger partial charge in [-0.15, -0.1) is 0 Å². The smallest absolute Gasteiger partial charge is 0.274 e. The molecule has 2 N–H and O–H groups in total. The molecule has 8 heteroatoms. The number of aromatic nitrogens is 2. The number of hydrogen-bond acceptors (Lipinski definition) is 6. The Balaban J connectivity index is 1.83. The number of anilines is 3. The molecular formula is C20H19FN4O3. The van der Waals surface area contributed by atoms with E-state index in [1.807, 2.05) is 0 Å². The lowest BCUT2D eigenvalue weighted by Gasteiger charge is -2.12. The first-order valence-electron chi connectivity index (χ1n) is 8.40. The molecule has 0 saturated carbocycles. The summed E-state index contributed by atoms with van der Waals surface area (Å²) in [5.41, 5.74) is 1.15. The Morgan fingerprint density at radius 2 is 1.86 bits per heavy atom. The molecule has 1 amide bonds. The van der Waals surface area contributed by atoms with Crippen molar-refractivity contribution >= 4 is 23.1 Å². The Bertz CT molecular complexity index is 1010. The molecule has 1 aromatic heterocycles. The summed E-state index contributed by atoms with van der Waals surface area (Å²) < 4.78 is 23.8. The summed E-state index contributed by atoms with van der Waals surface area (Å²) in [6, 6.07) is 12.5. The van der Waals surface area contributed by atoms with E-state index in [2.05, 4.69) is 20.6 Å². The van der Waals surface area contributed by atoms with E-state index in [9.17, 15) is 9.18 Å². The lowest BCUT2D eigenvalue weighted by Crippen LogP contribution is -2.16. The van der Waals surface area contributed by atoms with Gasteiger partial charge >= 0.3 is 0 Å². The topological polar surface area (TPSA) is 85.4 Å². The number of nitrogens with one attached hydrogen (secondary N) is 2. The van der Waals surface area contributed by atoms with Crippen molar-refractivity contribution in [2.75, 3.05) is 24.9 Å². The lowest BCUT2D eigenvalue weighted by atomic mass is 10.2. The molecule has 3 aromatic rings. The minimum Gasteiger partial charge on any atom is -0.497 e. The number of halogens is 1. The minimum atomic E-state index is -0.434. The van der Waals surface area contributed by atoms with Crippen molar-refractivity contribution in [3.63, 3.8) is 0 Å². The Morgan fingerprint density at radius 3 is 2.57 bits per heavy atom. The van der Waals surface area contributed by atoms with E-state index in [0.29, 0.717) is 34.5 Å². The fraction of sp³-hybridized carbons (Fsp3) is 0.150. The van der Waals surface area contributed by atoms with Crippen molar-refractivity contribution < 1.29 is 18.7 Å². The number of aryl methyl sites for hydroxylation is 1. The van der Waals surface area contributed by atoms with Crippen LogP contribution in [0.5, 0.6) is 11.5 Å². The number of ether oxygens (including phenoxy) is 2. The average Bonchev–Trinajstić information content (AvgIpc) is 2.67. The van der Waals surface area contributed by atoms with E-state index < -0.39 is 5.91 Å². The van der Waals surface area contributed by atoms with Crippen LogP contribution in [0, 0.1) is 12.7 Å². The number of carbonyl (C=O) groups is 1. The van der Waals surface area contributed by atoms with E-state index >= 15 is 0 Å². The Kier molecular flexibility index (Phi) is 5.69. The van der Waals surface area contributed by atoms with Gasteiger partial charge in [-0.25, -0.2) is 14.4 Å². The predicted octanol–water partition coefficient (Wildman–Crippen LogP) is 3.94. The maximum atomic E-state index is 13.4. The van der Waals surface area contributed by atoms with E-state index in [1.165, 1.54) is 25.3 Å². The fourth-order valence-electron chi connectivity index (χ4n) is 2.55. The molecule has 1 heterocycles. The Morgan fingerprint density at radius 1 is 1.04 bits per heavy atom. The standard InChI is InChI=1S/C20H19FN4O3/c1-12-22-17(11-19(23-12)24-14-6-4-5-13(21)9-14)20(26)25-16-8-7-15(27-2)10-18(16)28-3/h4-11H,1-3H3,(H,25,26)(H,22,23,24). The number of amides is 1. The van der Waals surface area contributed by atoms with Crippen LogP contribution in [-0.4, -0.2) is 30.1 Å². The normalized spacial score (nSPS) is 10.3. The fourth-order valence-corrected chi connectivity index (χ4v) is 2.55. The molecule has 144 valence electrons. The molecule has 0 aliphatic heterocycles. The van der Waals surface area contributed by atoms with Gasteiger partial charge in [0.15, 0.2) is 0 Å². The minimum absolute atomic E-state index is 0.157. The lowest BCUT2D eigenvalue weighted by molar-refractivity contribution is 0.102. The first kappa shape index (κ1) is 19.1. The van der Waals surface area contributed by atoms with Gasteiger partial charge in [0.2, 0.25) is 0 Å². The van der Waals surface area contributed by atoms with Crippen molar-refractivity contribution in [1.29, 1.82) is 0 Å². The van der Waals surface area contributed by atoms with E-state index in [0.717, 1.165) is 0 Å². The maximum absolute atomic E-state index is 13.4. The summed E-state index contributed by atoms with van der Waals surface area (Å²) in [6.07, 6.45) is 0. The summed E-state index contributed by atoms with van der Waals surface area (Å²) >= 11 is 0. The van der Waals surface area contributed by atoms with Crippen LogP contribution in [0.4, 0.5) is 21.6 Å². The zero-order chi connectivity index (χ0) is 20.1. The number of carbonyl (C=O) groups excluding carboxylic acids is 1. The van der Waals surface area contributed by atoms with Crippen LogP contribution in [0.15, 0.2) is 48.5 Å². The first-order chi connectivity index (χ1) is 13.5. The molecule has 0 unspecified atom stereocenters. The van der Waals surface area contributed by atoms with Gasteiger partial charge in [-0.1, -0.05) is 6.07 Å². The highest BCUT2D eigenvalue weighted by atomic mass is 19.1. The largest absolute Gasteiger partial charge is 0.497 e. The van der Waals surface area contributed by atoms with Crippen LogP contribution in [0.1, 0.15) is 16.3 Å². The highest BCUT2D eigenvalue weighted by Gasteiger charge is 2.14. The van der Waals surface area contributed by atoms with Gasteiger partial charge in [-0.3, -0.25) is 4.79 Å². The summed E-state index contributed by atoms with van der Waals surface area (Å²) in [6.45, 7) is 1.67. The predicted molar refractivity (Wildman–Crippen MR) is 104 cm³/mol. The number of methoxy groups -OCH3 is 2. The number of rotatable bonds is 6. The van der Waals surface area contributed by atoms with Gasteiger partial charge in [0, 0.05) is 17.8 Å². The van der Waals surface area contributed by atoms with Crippen molar-refractivity contribution in [3.8, 4) is 11.5 Å². The number of hydrogen-bond donors (Lipinski definition) is 2. The second-order valence-corrected chi connectivity index (χ2v) is 5.84. The highest BCUT2D eigenvalue weighted by Crippen LogP contribution is 2.29. The van der Waals surface area contributed by atoms with Gasteiger partial charge in [0.05, 0.1) is 19.9 Å². The third-order valence-corrected chi connectivity index (χ3v) is 3.82. The molecule has 0 saturated heterocycles. The molecule has 3 rings (SSSR count). The van der Waals surface area contributed by atoms with Crippen LogP contribution < -0.4 is 20.1 Å². The SMILES string of the molecule is COc1ccc(NC(=O)c2cc(Nc3cccc(F)c3)nc(C)n2)c(OC)c1. The molecule has 0 radical (unpaired) electrons. The number of benzene rings is 2. The molecular weight excluding hydrogens is 363 g/mol. The maximum Gasteiger partial charge on any atom is 0.274 e. The second kappa shape index (κ2) is 8.34. The summed E-state index contributed by atoms with van der Waals surface area (Å²) in [5.74, 6) is 1.03. The van der Waals surface area contributed by atoms with Gasteiger partial charge in [0.1, 0.15) is 34.7 Å². The van der Waals surface area contributed by atoms with Crippen LogP contribution in [0.2, 0.25) is 0 Å². The first-order valence-corrected chi connectivity index (χ1v) is 8.40. The third-order valence-electron chi connectivity index (χ3n) is 3.82. The Hall–Kier alpha value is -3.68. The molecule has 2 aromatic carbocycles. The average molecular weight is 382 g/mol. The van der Waals surface area contributed by atoms with Crippen LogP contribution in [-0.2, 0) is 0 Å². The summed E-state index contributed by atoms with van der Waals surface area (Å²) in [7, 11) is 3.05. The summed E-state index contributed by atoms with van der Waals surface area (Å²) in [4.78, 5) is 21.1.